The molecule has 0 spiro atoms. The van der Waals surface area contributed by atoms with Gasteiger partial charge in [0.1, 0.15) is 0 Å². The van der Waals surface area contributed by atoms with Crippen LogP contribution in [0.25, 0.3) is 10.9 Å². The molecule has 0 bridgehead atoms. The Labute approximate surface area is 188 Å². The van der Waals surface area contributed by atoms with Crippen LogP contribution in [0.5, 0.6) is 0 Å². The first-order valence-corrected chi connectivity index (χ1v) is 9.65. The van der Waals surface area contributed by atoms with E-state index in [1.54, 1.807) is 0 Å². The third kappa shape index (κ3) is 5.77. The van der Waals surface area contributed by atoms with Crippen molar-refractivity contribution in [3.63, 3.8) is 0 Å². The lowest BCUT2D eigenvalue weighted by Crippen LogP contribution is -2.16. The summed E-state index contributed by atoms with van der Waals surface area (Å²) >= 11 is 6.36. The van der Waals surface area contributed by atoms with Crippen LogP contribution < -0.4 is 5.32 Å². The highest BCUT2D eigenvalue weighted by molar-refractivity contribution is 6.31. The van der Waals surface area contributed by atoms with Gasteiger partial charge in [0, 0.05) is 54.2 Å². The number of benzene rings is 2. The second kappa shape index (κ2) is 11.3. The molecule has 0 fully saturated rings. The van der Waals surface area contributed by atoms with E-state index < -0.39 is 0 Å². The van der Waals surface area contributed by atoms with E-state index in [0.717, 1.165) is 43.2 Å². The van der Waals surface area contributed by atoms with E-state index in [2.05, 4.69) is 56.0 Å². The van der Waals surface area contributed by atoms with Gasteiger partial charge in [-0.2, -0.15) is 0 Å². The first-order valence-electron chi connectivity index (χ1n) is 9.28. The summed E-state index contributed by atoms with van der Waals surface area (Å²) in [6.07, 6.45) is 9.01. The van der Waals surface area contributed by atoms with Crippen LogP contribution in [-0.4, -0.2) is 20.7 Å². The van der Waals surface area contributed by atoms with E-state index >= 15 is 0 Å². The molecule has 2 aromatic heterocycles. The van der Waals surface area contributed by atoms with Crippen molar-refractivity contribution in [1.29, 1.82) is 0 Å². The van der Waals surface area contributed by atoms with Gasteiger partial charge in [-0.25, -0.2) is 4.98 Å². The molecule has 0 aliphatic carbocycles. The topological polar surface area (TPSA) is 34.8 Å². The van der Waals surface area contributed by atoms with Crippen molar-refractivity contribution in [3.8, 4) is 0 Å². The minimum Gasteiger partial charge on any atom is -0.343 e. The van der Waals surface area contributed by atoms with Crippen LogP contribution in [0.2, 0.25) is 5.02 Å². The van der Waals surface area contributed by atoms with Crippen LogP contribution in [-0.2, 0) is 19.6 Å². The zero-order chi connectivity index (χ0) is 18.5. The standard InChI is InChI=1S/C22H23ClN4.2ClH/c23-21-8-3-1-6-18(21)15-27-16-19(20-7-2-4-9-22(20)27)14-24-10-5-12-26-13-11-25-17-26;;/h1-4,6-9,11,13,16-17,24H,5,10,12,14-15H2;2*1H. The molecular formula is C22H25Cl3N4. The second-order valence-corrected chi connectivity index (χ2v) is 7.13. The number of nitrogens with zero attached hydrogens (tertiary/aromatic N) is 3. The molecular weight excluding hydrogens is 427 g/mol. The van der Waals surface area contributed by atoms with E-state index in [9.17, 15) is 0 Å². The van der Waals surface area contributed by atoms with Crippen molar-refractivity contribution >= 4 is 47.3 Å². The molecule has 0 unspecified atom stereocenters. The zero-order valence-electron chi connectivity index (χ0n) is 16.0. The van der Waals surface area contributed by atoms with Crippen molar-refractivity contribution in [2.24, 2.45) is 0 Å². The average molecular weight is 452 g/mol. The lowest BCUT2D eigenvalue weighted by Gasteiger charge is -2.07. The molecule has 29 heavy (non-hydrogen) atoms. The summed E-state index contributed by atoms with van der Waals surface area (Å²) in [6, 6.07) is 16.6. The minimum atomic E-state index is 0. The Kier molecular flexibility index (Phi) is 9.05. The maximum Gasteiger partial charge on any atom is 0.0945 e. The fraction of sp³-hybridized carbons (Fsp3) is 0.227. The highest BCUT2D eigenvalue weighted by atomic mass is 35.5. The van der Waals surface area contributed by atoms with Crippen LogP contribution in [0.3, 0.4) is 0 Å². The van der Waals surface area contributed by atoms with E-state index in [1.165, 1.54) is 16.5 Å². The summed E-state index contributed by atoms with van der Waals surface area (Å²) in [5, 5.41) is 5.68. The van der Waals surface area contributed by atoms with Gasteiger partial charge in [-0.15, -0.1) is 24.8 Å². The monoisotopic (exact) mass is 450 g/mol. The average Bonchev–Trinajstić information content (AvgIpc) is 3.32. The predicted molar refractivity (Wildman–Crippen MR) is 126 cm³/mol. The first-order chi connectivity index (χ1) is 13.3. The number of hydrogen-bond acceptors (Lipinski definition) is 2. The summed E-state index contributed by atoms with van der Waals surface area (Å²) in [7, 11) is 0. The van der Waals surface area contributed by atoms with Crippen LogP contribution >= 0.6 is 36.4 Å². The van der Waals surface area contributed by atoms with Crippen LogP contribution in [0.1, 0.15) is 17.5 Å². The summed E-state index contributed by atoms with van der Waals surface area (Å²) in [5.41, 5.74) is 3.70. The van der Waals surface area contributed by atoms with E-state index in [4.69, 9.17) is 11.6 Å². The van der Waals surface area contributed by atoms with Crippen molar-refractivity contribution in [2.45, 2.75) is 26.1 Å². The number of nitrogens with one attached hydrogen (secondary N) is 1. The Morgan fingerprint density at radius 1 is 0.966 bits per heavy atom. The number of aromatic nitrogens is 3. The SMILES string of the molecule is Cl.Cl.Clc1ccccc1Cn1cc(CNCCCn2ccnc2)c2ccccc21. The van der Waals surface area contributed by atoms with Gasteiger partial charge in [0.05, 0.1) is 6.33 Å². The van der Waals surface area contributed by atoms with Crippen LogP contribution in [0.15, 0.2) is 73.4 Å². The van der Waals surface area contributed by atoms with Crippen LogP contribution in [0, 0.1) is 0 Å². The quantitative estimate of drug-likeness (QED) is 0.356. The maximum atomic E-state index is 6.36. The molecule has 7 heteroatoms. The van der Waals surface area contributed by atoms with Gasteiger partial charge in [0.15, 0.2) is 0 Å². The molecule has 1 N–H and O–H groups in total. The Morgan fingerprint density at radius 2 is 1.76 bits per heavy atom. The molecule has 0 aliphatic rings. The molecule has 2 aromatic carbocycles. The van der Waals surface area contributed by atoms with Gasteiger partial charge < -0.3 is 14.5 Å². The summed E-state index contributed by atoms with van der Waals surface area (Å²) < 4.78 is 4.40. The smallest absolute Gasteiger partial charge is 0.0945 e. The molecule has 4 nitrogen and oxygen atoms in total. The van der Waals surface area contributed by atoms with Crippen LogP contribution in [0.4, 0.5) is 0 Å². The number of halogens is 3. The highest BCUT2D eigenvalue weighted by Gasteiger charge is 2.09. The third-order valence-corrected chi connectivity index (χ3v) is 5.18. The highest BCUT2D eigenvalue weighted by Crippen LogP contribution is 2.24. The number of imidazole rings is 1. The molecule has 4 aromatic rings. The maximum absolute atomic E-state index is 6.36. The lowest BCUT2D eigenvalue weighted by molar-refractivity contribution is 0.581. The zero-order valence-corrected chi connectivity index (χ0v) is 18.4. The fourth-order valence-corrected chi connectivity index (χ4v) is 3.63. The molecule has 154 valence electrons. The molecule has 4 rings (SSSR count). The van der Waals surface area contributed by atoms with Gasteiger partial charge >= 0.3 is 0 Å². The number of para-hydroxylation sites is 1. The van der Waals surface area contributed by atoms with Gasteiger partial charge in [-0.3, -0.25) is 0 Å². The van der Waals surface area contributed by atoms with Crippen molar-refractivity contribution in [3.05, 3.63) is 89.6 Å². The Bertz CT molecular complexity index is 1010. The second-order valence-electron chi connectivity index (χ2n) is 6.72. The van der Waals surface area contributed by atoms with E-state index in [1.807, 2.05) is 36.9 Å². The summed E-state index contributed by atoms with van der Waals surface area (Å²) in [6.45, 7) is 3.60. The Morgan fingerprint density at radius 3 is 2.55 bits per heavy atom. The lowest BCUT2D eigenvalue weighted by atomic mass is 10.2. The number of rotatable bonds is 8. The van der Waals surface area contributed by atoms with E-state index in [-0.39, 0.29) is 24.8 Å². The van der Waals surface area contributed by atoms with Gasteiger partial charge in [-0.1, -0.05) is 48.0 Å². The van der Waals surface area contributed by atoms with Gasteiger partial charge in [0.2, 0.25) is 0 Å². The molecule has 0 saturated carbocycles. The predicted octanol–water partition coefficient (Wildman–Crippen LogP) is 5.56. The number of hydrogen-bond donors (Lipinski definition) is 1. The van der Waals surface area contributed by atoms with Crippen molar-refractivity contribution in [1.82, 2.24) is 19.4 Å². The first kappa shape index (κ1) is 23.3. The number of aryl methyl sites for hydroxylation is 1. The van der Waals surface area contributed by atoms with Gasteiger partial charge in [-0.05, 0) is 36.2 Å². The molecule has 0 aliphatic heterocycles. The Balaban J connectivity index is 0.00000150. The van der Waals surface area contributed by atoms with Crippen molar-refractivity contribution in [2.75, 3.05) is 6.54 Å². The molecule has 0 saturated heterocycles. The normalized spacial score (nSPS) is 10.5. The van der Waals surface area contributed by atoms with E-state index in [0.29, 0.717) is 0 Å². The molecule has 0 atom stereocenters. The summed E-state index contributed by atoms with van der Waals surface area (Å²) in [4.78, 5) is 4.08. The molecule has 0 radical (unpaired) electrons. The largest absolute Gasteiger partial charge is 0.343 e. The third-order valence-electron chi connectivity index (χ3n) is 4.81. The Hall–Kier alpha value is -1.98. The minimum absolute atomic E-state index is 0. The molecule has 2 heterocycles. The van der Waals surface area contributed by atoms with Crippen molar-refractivity contribution < 1.29 is 0 Å². The number of fused-ring (bicyclic) bond motifs is 1. The summed E-state index contributed by atoms with van der Waals surface area (Å²) in [5.74, 6) is 0. The molecule has 0 amide bonds. The fourth-order valence-electron chi connectivity index (χ4n) is 3.43. The van der Waals surface area contributed by atoms with Gasteiger partial charge in [0.25, 0.3) is 0 Å².